The van der Waals surface area contributed by atoms with Crippen molar-refractivity contribution in [1.29, 1.82) is 0 Å². The number of rotatable bonds is 3. The maximum absolute atomic E-state index is 13.2. The summed E-state index contributed by atoms with van der Waals surface area (Å²) in [6, 6.07) is 1.60. The molecule has 1 aromatic carbocycles. The fourth-order valence-electron chi connectivity index (χ4n) is 2.30. The van der Waals surface area contributed by atoms with Crippen LogP contribution < -0.4 is 26.8 Å². The van der Waals surface area contributed by atoms with Crippen LogP contribution in [-0.2, 0) is 16.2 Å². The third kappa shape index (κ3) is 3.65. The quantitative estimate of drug-likeness (QED) is 0.432. The molecule has 8 nitrogen and oxygen atoms in total. The standard InChI is InChI=1S/C11H15F3N6O2S/c12-11(13,14)6-1-2-7(19-10(15)16)8(9(6)23(17,21)22)20-4-3-18-5-20/h1-2,18H,3-5H2,(H4,15,16,19)(H2,17,21,22). The number of anilines is 1. The highest BCUT2D eigenvalue weighted by atomic mass is 32.2. The summed E-state index contributed by atoms with van der Waals surface area (Å²) in [5, 5.41) is 7.92. The number of alkyl halides is 3. The molecule has 7 N–H and O–H groups in total. The molecule has 0 spiro atoms. The minimum absolute atomic E-state index is 0.106. The number of nitrogens with two attached hydrogens (primary N) is 3. The van der Waals surface area contributed by atoms with E-state index in [1.54, 1.807) is 0 Å². The molecule has 1 aliphatic heterocycles. The summed E-state index contributed by atoms with van der Waals surface area (Å²) in [7, 11) is -4.68. The van der Waals surface area contributed by atoms with Gasteiger partial charge in [0.05, 0.1) is 23.6 Å². The first kappa shape index (κ1) is 17.3. The number of guanidine groups is 1. The topological polar surface area (TPSA) is 140 Å². The van der Waals surface area contributed by atoms with Crippen molar-refractivity contribution in [2.45, 2.75) is 11.1 Å². The molecular weight excluding hydrogens is 337 g/mol. The largest absolute Gasteiger partial charge is 0.417 e. The number of nitrogens with one attached hydrogen (secondary N) is 1. The third-order valence-electron chi connectivity index (χ3n) is 3.13. The Hall–Kier alpha value is -2.05. The minimum Gasteiger partial charge on any atom is -0.370 e. The second-order valence-corrected chi connectivity index (χ2v) is 6.31. The van der Waals surface area contributed by atoms with E-state index in [-0.39, 0.29) is 24.6 Å². The average molecular weight is 352 g/mol. The first-order valence-electron chi connectivity index (χ1n) is 6.34. The number of hydrogen-bond donors (Lipinski definition) is 4. The Kier molecular flexibility index (Phi) is 4.41. The van der Waals surface area contributed by atoms with Crippen molar-refractivity contribution in [1.82, 2.24) is 5.32 Å². The van der Waals surface area contributed by atoms with Gasteiger partial charge in [-0.3, -0.25) is 5.32 Å². The van der Waals surface area contributed by atoms with E-state index in [0.717, 1.165) is 6.07 Å². The molecule has 1 fully saturated rings. The van der Waals surface area contributed by atoms with Gasteiger partial charge in [0.25, 0.3) is 0 Å². The first-order valence-corrected chi connectivity index (χ1v) is 7.88. The Balaban J connectivity index is 2.87. The molecule has 0 unspecified atom stereocenters. The summed E-state index contributed by atoms with van der Waals surface area (Å²) in [4.78, 5) is 4.06. The fraction of sp³-hybridized carbons (Fsp3) is 0.364. The van der Waals surface area contributed by atoms with Gasteiger partial charge in [-0.1, -0.05) is 0 Å². The molecule has 0 radical (unpaired) electrons. The normalized spacial score (nSPS) is 15.7. The van der Waals surface area contributed by atoms with Crippen LogP contribution in [0, 0.1) is 0 Å². The summed E-state index contributed by atoms with van der Waals surface area (Å²) in [6.07, 6.45) is -4.90. The van der Waals surface area contributed by atoms with E-state index < -0.39 is 32.6 Å². The number of benzene rings is 1. The summed E-state index contributed by atoms with van der Waals surface area (Å²) >= 11 is 0. The monoisotopic (exact) mass is 352 g/mol. The predicted molar refractivity (Wildman–Crippen MR) is 78.5 cm³/mol. The van der Waals surface area contributed by atoms with Crippen LogP contribution in [0.1, 0.15) is 5.56 Å². The fourth-order valence-corrected chi connectivity index (χ4v) is 3.30. The van der Waals surface area contributed by atoms with Crippen molar-refractivity contribution in [2.75, 3.05) is 24.7 Å². The van der Waals surface area contributed by atoms with Gasteiger partial charge in [0.2, 0.25) is 10.0 Å². The number of nitrogens with zero attached hydrogens (tertiary/aromatic N) is 2. The zero-order chi connectivity index (χ0) is 17.4. The molecule has 0 saturated carbocycles. The maximum Gasteiger partial charge on any atom is 0.417 e. The Bertz CT molecular complexity index is 737. The molecule has 0 amide bonds. The van der Waals surface area contributed by atoms with Crippen LogP contribution in [0.2, 0.25) is 0 Å². The molecule has 0 aliphatic carbocycles. The van der Waals surface area contributed by atoms with Gasteiger partial charge in [-0.2, -0.15) is 13.2 Å². The SMILES string of the molecule is NC(N)=Nc1ccc(C(F)(F)F)c(S(N)(=O)=O)c1N1CCNC1. The van der Waals surface area contributed by atoms with Crippen molar-refractivity contribution in [3.63, 3.8) is 0 Å². The van der Waals surface area contributed by atoms with Crippen LogP contribution >= 0.6 is 0 Å². The van der Waals surface area contributed by atoms with Crippen molar-refractivity contribution >= 4 is 27.4 Å². The molecule has 1 aliphatic rings. The zero-order valence-electron chi connectivity index (χ0n) is 11.8. The summed E-state index contributed by atoms with van der Waals surface area (Å²) in [5.74, 6) is -0.418. The van der Waals surface area contributed by atoms with Gasteiger partial charge in [-0.15, -0.1) is 0 Å². The predicted octanol–water partition coefficient (Wildman–Crippen LogP) is -0.375. The Morgan fingerprint density at radius 3 is 2.39 bits per heavy atom. The molecule has 1 aromatic rings. The van der Waals surface area contributed by atoms with E-state index in [2.05, 4.69) is 10.3 Å². The van der Waals surface area contributed by atoms with E-state index in [9.17, 15) is 21.6 Å². The molecule has 12 heteroatoms. The highest BCUT2D eigenvalue weighted by Gasteiger charge is 2.40. The first-order chi connectivity index (χ1) is 10.5. The molecule has 2 rings (SSSR count). The molecule has 1 heterocycles. The van der Waals surface area contributed by atoms with Crippen molar-refractivity contribution in [3.8, 4) is 0 Å². The van der Waals surface area contributed by atoms with E-state index in [4.69, 9.17) is 16.6 Å². The van der Waals surface area contributed by atoms with Crippen LogP contribution in [0.3, 0.4) is 0 Å². The number of halogens is 3. The van der Waals surface area contributed by atoms with Gasteiger partial charge in [0.15, 0.2) is 5.96 Å². The maximum atomic E-state index is 13.2. The molecule has 0 atom stereocenters. The van der Waals surface area contributed by atoms with Crippen LogP contribution in [-0.4, -0.2) is 34.1 Å². The summed E-state index contributed by atoms with van der Waals surface area (Å²) in [6.45, 7) is 0.870. The minimum atomic E-state index is -4.90. The number of primary sulfonamides is 1. The van der Waals surface area contributed by atoms with E-state index in [1.807, 2.05) is 0 Å². The molecule has 1 saturated heterocycles. The highest BCUT2D eigenvalue weighted by molar-refractivity contribution is 7.89. The van der Waals surface area contributed by atoms with Crippen molar-refractivity contribution in [2.24, 2.45) is 21.6 Å². The summed E-state index contributed by atoms with van der Waals surface area (Å²) < 4.78 is 63.3. The molecular formula is C11H15F3N6O2S. The summed E-state index contributed by atoms with van der Waals surface area (Å²) in [5.41, 5.74) is 8.78. The number of aliphatic imine (C=N–C) groups is 1. The van der Waals surface area contributed by atoms with Gasteiger partial charge >= 0.3 is 6.18 Å². The number of sulfonamides is 1. The van der Waals surface area contributed by atoms with Gasteiger partial charge in [-0.05, 0) is 12.1 Å². The van der Waals surface area contributed by atoms with Crippen LogP contribution in [0.5, 0.6) is 0 Å². The lowest BCUT2D eigenvalue weighted by atomic mass is 10.1. The number of hydrogen-bond acceptors (Lipinski definition) is 5. The lowest BCUT2D eigenvalue weighted by molar-refractivity contribution is -0.139. The van der Waals surface area contributed by atoms with Crippen molar-refractivity contribution < 1.29 is 21.6 Å². The Morgan fingerprint density at radius 2 is 1.96 bits per heavy atom. The van der Waals surface area contributed by atoms with E-state index in [1.165, 1.54) is 4.90 Å². The zero-order valence-corrected chi connectivity index (χ0v) is 12.6. The average Bonchev–Trinajstić information content (AvgIpc) is 2.88. The molecule has 128 valence electrons. The van der Waals surface area contributed by atoms with Crippen LogP contribution in [0.4, 0.5) is 24.5 Å². The van der Waals surface area contributed by atoms with Crippen LogP contribution in [0.25, 0.3) is 0 Å². The van der Waals surface area contributed by atoms with E-state index in [0.29, 0.717) is 12.6 Å². The highest BCUT2D eigenvalue weighted by Crippen LogP contribution is 2.43. The van der Waals surface area contributed by atoms with Gasteiger partial charge in [0, 0.05) is 13.1 Å². The second-order valence-electron chi connectivity index (χ2n) is 4.81. The Morgan fingerprint density at radius 1 is 1.30 bits per heavy atom. The van der Waals surface area contributed by atoms with Gasteiger partial charge in [-0.25, -0.2) is 18.5 Å². The van der Waals surface area contributed by atoms with Gasteiger partial charge < -0.3 is 16.4 Å². The molecule has 0 bridgehead atoms. The third-order valence-corrected chi connectivity index (χ3v) is 4.11. The molecule has 23 heavy (non-hydrogen) atoms. The lowest BCUT2D eigenvalue weighted by Gasteiger charge is -2.24. The van der Waals surface area contributed by atoms with Crippen LogP contribution in [0.15, 0.2) is 22.0 Å². The smallest absolute Gasteiger partial charge is 0.370 e. The van der Waals surface area contributed by atoms with Gasteiger partial charge in [0.1, 0.15) is 4.90 Å². The van der Waals surface area contributed by atoms with Crippen molar-refractivity contribution in [3.05, 3.63) is 17.7 Å². The Labute approximate surface area is 130 Å². The molecule has 0 aromatic heterocycles. The van der Waals surface area contributed by atoms with E-state index >= 15 is 0 Å². The lowest BCUT2D eigenvalue weighted by Crippen LogP contribution is -2.28. The second kappa shape index (κ2) is 5.86.